The number of benzene rings is 3. The molecule has 1 aliphatic heterocycles. The molecular formula is C27H28N4O2. The van der Waals surface area contributed by atoms with E-state index in [4.69, 9.17) is 11.0 Å². The zero-order valence-corrected chi connectivity index (χ0v) is 19.2. The van der Waals surface area contributed by atoms with E-state index in [1.807, 2.05) is 54.3 Å². The highest BCUT2D eigenvalue weighted by atomic mass is 16.2. The minimum absolute atomic E-state index is 0.0790. The summed E-state index contributed by atoms with van der Waals surface area (Å²) >= 11 is 0. The number of carbonyl (C=O) groups excluding carboxylic acids is 2. The molecule has 0 aromatic heterocycles. The minimum Gasteiger partial charge on any atom is -0.399 e. The molecule has 33 heavy (non-hydrogen) atoms. The van der Waals surface area contributed by atoms with E-state index in [2.05, 4.69) is 11.4 Å². The van der Waals surface area contributed by atoms with Gasteiger partial charge in [0.05, 0.1) is 11.6 Å². The van der Waals surface area contributed by atoms with E-state index in [-0.39, 0.29) is 11.8 Å². The molecule has 0 fully saturated rings. The van der Waals surface area contributed by atoms with Gasteiger partial charge in [0.1, 0.15) is 0 Å². The van der Waals surface area contributed by atoms with Gasteiger partial charge in [0.25, 0.3) is 0 Å². The van der Waals surface area contributed by atoms with Crippen molar-refractivity contribution in [3.8, 4) is 17.2 Å². The van der Waals surface area contributed by atoms with Crippen molar-refractivity contribution < 1.29 is 9.59 Å². The van der Waals surface area contributed by atoms with Crippen molar-refractivity contribution in [2.24, 2.45) is 0 Å². The van der Waals surface area contributed by atoms with Crippen molar-refractivity contribution in [2.75, 3.05) is 22.5 Å². The van der Waals surface area contributed by atoms with E-state index < -0.39 is 0 Å². The van der Waals surface area contributed by atoms with Gasteiger partial charge in [0.15, 0.2) is 0 Å². The molecule has 3 N–H and O–H groups in total. The van der Waals surface area contributed by atoms with E-state index in [1.165, 1.54) is 12.5 Å². The first-order valence-corrected chi connectivity index (χ1v) is 10.8. The third-order valence-electron chi connectivity index (χ3n) is 5.49. The molecular weight excluding hydrogens is 412 g/mol. The maximum atomic E-state index is 11.7. The van der Waals surface area contributed by atoms with Crippen molar-refractivity contribution in [1.82, 2.24) is 0 Å². The van der Waals surface area contributed by atoms with Crippen LogP contribution in [0, 0.1) is 18.3 Å². The highest BCUT2D eigenvalue weighted by Crippen LogP contribution is 2.32. The van der Waals surface area contributed by atoms with Crippen molar-refractivity contribution >= 4 is 28.9 Å². The second-order valence-corrected chi connectivity index (χ2v) is 8.06. The zero-order valence-electron chi connectivity index (χ0n) is 19.2. The van der Waals surface area contributed by atoms with Gasteiger partial charge in [0, 0.05) is 37.5 Å². The van der Waals surface area contributed by atoms with Crippen LogP contribution in [0.25, 0.3) is 11.1 Å². The molecule has 168 valence electrons. The van der Waals surface area contributed by atoms with Crippen LogP contribution in [0.4, 0.5) is 17.1 Å². The summed E-state index contributed by atoms with van der Waals surface area (Å²) in [6.45, 7) is 5.79. The molecule has 0 saturated carbocycles. The second kappa shape index (κ2) is 10.5. The minimum atomic E-state index is -0.0790. The third kappa shape index (κ3) is 5.98. The number of nitriles is 1. The zero-order chi connectivity index (χ0) is 24.0. The summed E-state index contributed by atoms with van der Waals surface area (Å²) in [6.07, 6.45) is 1.97. The molecule has 0 aliphatic carbocycles. The number of fused-ring (bicyclic) bond motifs is 1. The Kier molecular flexibility index (Phi) is 7.47. The van der Waals surface area contributed by atoms with Gasteiger partial charge in [-0.3, -0.25) is 9.59 Å². The summed E-state index contributed by atoms with van der Waals surface area (Å²) < 4.78 is 0. The number of aryl methyl sites for hydroxylation is 2. The molecule has 0 atom stereocenters. The number of nitrogens with two attached hydrogens (primary N) is 1. The van der Waals surface area contributed by atoms with E-state index in [0.717, 1.165) is 53.1 Å². The molecule has 3 aromatic rings. The molecule has 0 saturated heterocycles. The van der Waals surface area contributed by atoms with Crippen LogP contribution in [-0.2, 0) is 16.0 Å². The standard InChI is InChI=1S/C19H20N2O2.C8H8N2/c1-13(22)20-18-7-3-5-15(12-18)16-8-9-19-17(11-16)6-4-10-21(19)14(2)23;1-6-4-7(5-9)2-3-8(6)10/h3,5,7-9,11-12H,4,6,10H2,1-2H3,(H,20,22);2-4H,10H2,1H3. The highest BCUT2D eigenvalue weighted by molar-refractivity contribution is 5.93. The normalized spacial score (nSPS) is 12.0. The van der Waals surface area contributed by atoms with Crippen molar-refractivity contribution in [3.63, 3.8) is 0 Å². The largest absolute Gasteiger partial charge is 0.399 e. The molecule has 4 rings (SSSR count). The number of hydrogen-bond acceptors (Lipinski definition) is 4. The smallest absolute Gasteiger partial charge is 0.223 e. The Balaban J connectivity index is 0.000000257. The van der Waals surface area contributed by atoms with Crippen LogP contribution in [0.15, 0.2) is 60.7 Å². The van der Waals surface area contributed by atoms with Crippen molar-refractivity contribution in [3.05, 3.63) is 77.4 Å². The fraction of sp³-hybridized carbons (Fsp3) is 0.222. The average molecular weight is 441 g/mol. The van der Waals surface area contributed by atoms with Crippen LogP contribution < -0.4 is 16.0 Å². The first-order chi connectivity index (χ1) is 15.8. The van der Waals surface area contributed by atoms with Crippen LogP contribution in [0.3, 0.4) is 0 Å². The highest BCUT2D eigenvalue weighted by Gasteiger charge is 2.20. The molecule has 2 amide bonds. The Bertz CT molecular complexity index is 1230. The number of carbonyl (C=O) groups is 2. The summed E-state index contributed by atoms with van der Waals surface area (Å²) in [7, 11) is 0. The van der Waals surface area contributed by atoms with Crippen LogP contribution in [0.2, 0.25) is 0 Å². The summed E-state index contributed by atoms with van der Waals surface area (Å²) in [5.74, 6) is 0.0102. The quantitative estimate of drug-likeness (QED) is 0.544. The van der Waals surface area contributed by atoms with E-state index in [1.54, 1.807) is 25.1 Å². The van der Waals surface area contributed by atoms with Gasteiger partial charge in [-0.25, -0.2) is 0 Å². The van der Waals surface area contributed by atoms with Crippen molar-refractivity contribution in [1.29, 1.82) is 5.26 Å². The summed E-state index contributed by atoms with van der Waals surface area (Å²) in [5.41, 5.74) is 13.1. The van der Waals surface area contributed by atoms with Gasteiger partial charge in [-0.1, -0.05) is 18.2 Å². The Morgan fingerprint density at radius 3 is 2.45 bits per heavy atom. The first kappa shape index (κ1) is 23.6. The predicted octanol–water partition coefficient (Wildman–Crippen LogP) is 5.06. The molecule has 0 unspecified atom stereocenters. The fourth-order valence-electron chi connectivity index (χ4n) is 3.83. The molecule has 1 heterocycles. The lowest BCUT2D eigenvalue weighted by Gasteiger charge is -2.29. The number of anilines is 3. The van der Waals surface area contributed by atoms with Gasteiger partial charge >= 0.3 is 0 Å². The number of rotatable bonds is 2. The van der Waals surface area contributed by atoms with Crippen LogP contribution >= 0.6 is 0 Å². The lowest BCUT2D eigenvalue weighted by atomic mass is 9.96. The average Bonchev–Trinajstić information content (AvgIpc) is 2.80. The van der Waals surface area contributed by atoms with Crippen LogP contribution in [0.1, 0.15) is 37.0 Å². The SMILES string of the molecule is CC(=O)Nc1cccc(-c2ccc3c(c2)CCCN3C(C)=O)c1.Cc1cc(C#N)ccc1N. The fourth-order valence-corrected chi connectivity index (χ4v) is 3.83. The van der Waals surface area contributed by atoms with Gasteiger partial charge in [-0.05, 0) is 84.5 Å². The third-order valence-corrected chi connectivity index (χ3v) is 5.49. The summed E-state index contributed by atoms with van der Waals surface area (Å²) in [4.78, 5) is 24.8. The summed E-state index contributed by atoms with van der Waals surface area (Å²) in [5, 5.41) is 11.3. The Hall–Kier alpha value is -4.11. The van der Waals surface area contributed by atoms with Crippen molar-refractivity contribution in [2.45, 2.75) is 33.6 Å². The van der Waals surface area contributed by atoms with Gasteiger partial charge in [-0.15, -0.1) is 0 Å². The maximum Gasteiger partial charge on any atom is 0.223 e. The number of nitrogens with zero attached hydrogens (tertiary/aromatic N) is 2. The Morgan fingerprint density at radius 1 is 1.03 bits per heavy atom. The van der Waals surface area contributed by atoms with Gasteiger partial charge < -0.3 is 16.0 Å². The predicted molar refractivity (Wildman–Crippen MR) is 133 cm³/mol. The molecule has 3 aromatic carbocycles. The number of amides is 2. The molecule has 1 aliphatic rings. The second-order valence-electron chi connectivity index (χ2n) is 8.06. The van der Waals surface area contributed by atoms with Gasteiger partial charge in [0.2, 0.25) is 11.8 Å². The molecule has 6 nitrogen and oxygen atoms in total. The van der Waals surface area contributed by atoms with E-state index in [0.29, 0.717) is 5.56 Å². The van der Waals surface area contributed by atoms with E-state index >= 15 is 0 Å². The maximum absolute atomic E-state index is 11.7. The topological polar surface area (TPSA) is 99.2 Å². The first-order valence-electron chi connectivity index (χ1n) is 10.8. The Morgan fingerprint density at radius 2 is 1.79 bits per heavy atom. The monoisotopic (exact) mass is 440 g/mol. The molecule has 0 radical (unpaired) electrons. The number of nitrogen functional groups attached to an aromatic ring is 1. The van der Waals surface area contributed by atoms with Crippen LogP contribution in [0.5, 0.6) is 0 Å². The summed E-state index contributed by atoms with van der Waals surface area (Å²) in [6, 6.07) is 21.3. The Labute approximate surface area is 194 Å². The lowest BCUT2D eigenvalue weighted by Crippen LogP contribution is -2.33. The lowest BCUT2D eigenvalue weighted by molar-refractivity contribution is -0.116. The molecule has 0 spiro atoms. The molecule has 0 bridgehead atoms. The van der Waals surface area contributed by atoms with Gasteiger partial charge in [-0.2, -0.15) is 5.26 Å². The van der Waals surface area contributed by atoms with Crippen LogP contribution in [-0.4, -0.2) is 18.4 Å². The number of nitrogens with one attached hydrogen (secondary N) is 1. The van der Waals surface area contributed by atoms with E-state index in [9.17, 15) is 9.59 Å². The number of hydrogen-bond donors (Lipinski definition) is 2. The molecule has 6 heteroatoms.